The summed E-state index contributed by atoms with van der Waals surface area (Å²) in [6.07, 6.45) is 7.13. The third kappa shape index (κ3) is 2.64. The highest BCUT2D eigenvalue weighted by molar-refractivity contribution is 5.54. The Labute approximate surface area is 116 Å². The van der Waals surface area contributed by atoms with Gasteiger partial charge in [0, 0.05) is 18.8 Å². The Morgan fingerprint density at radius 3 is 2.68 bits per heavy atom. The minimum Gasteiger partial charge on any atom is -0.392 e. The van der Waals surface area contributed by atoms with E-state index in [0.29, 0.717) is 0 Å². The number of aliphatic hydroxyl groups is 1. The van der Waals surface area contributed by atoms with Crippen LogP contribution in [0.2, 0.25) is 0 Å². The first-order chi connectivity index (χ1) is 9.28. The quantitative estimate of drug-likeness (QED) is 0.878. The molecule has 3 rings (SSSR count). The molecular formula is C17H25NO. The van der Waals surface area contributed by atoms with Gasteiger partial charge in [-0.1, -0.05) is 31.4 Å². The lowest BCUT2D eigenvalue weighted by Crippen LogP contribution is -2.42. The van der Waals surface area contributed by atoms with E-state index in [1.54, 1.807) is 0 Å². The van der Waals surface area contributed by atoms with E-state index in [1.165, 1.54) is 56.4 Å². The van der Waals surface area contributed by atoms with Crippen molar-refractivity contribution in [3.8, 4) is 0 Å². The molecule has 0 radical (unpaired) electrons. The van der Waals surface area contributed by atoms with Gasteiger partial charge in [-0.15, -0.1) is 0 Å². The van der Waals surface area contributed by atoms with Gasteiger partial charge in [0.2, 0.25) is 0 Å². The first kappa shape index (κ1) is 13.0. The Bertz CT molecular complexity index is 443. The van der Waals surface area contributed by atoms with Crippen LogP contribution in [0.1, 0.15) is 43.2 Å². The molecule has 1 N–H and O–H groups in total. The number of fused-ring (bicyclic) bond motifs is 1. The van der Waals surface area contributed by atoms with Gasteiger partial charge in [-0.25, -0.2) is 0 Å². The van der Waals surface area contributed by atoms with E-state index < -0.39 is 0 Å². The molecule has 0 spiro atoms. The molecule has 2 unspecified atom stereocenters. The molecule has 1 aromatic rings. The third-order valence-corrected chi connectivity index (χ3v) is 5.08. The summed E-state index contributed by atoms with van der Waals surface area (Å²) in [5, 5.41) is 9.20. The van der Waals surface area contributed by atoms with Crippen molar-refractivity contribution in [2.75, 3.05) is 18.0 Å². The summed E-state index contributed by atoms with van der Waals surface area (Å²) >= 11 is 0. The highest BCUT2D eigenvalue weighted by Crippen LogP contribution is 2.38. The molecule has 1 heterocycles. The van der Waals surface area contributed by atoms with E-state index >= 15 is 0 Å². The van der Waals surface area contributed by atoms with Gasteiger partial charge in [-0.3, -0.25) is 0 Å². The number of nitrogens with zero attached hydrogens (tertiary/aromatic N) is 1. The second-order valence-corrected chi connectivity index (χ2v) is 6.32. The molecule has 1 aliphatic carbocycles. The largest absolute Gasteiger partial charge is 0.392 e. The second kappa shape index (κ2) is 5.54. The maximum Gasteiger partial charge on any atom is 0.0681 e. The Balaban J connectivity index is 1.75. The number of benzene rings is 1. The molecule has 0 amide bonds. The highest BCUT2D eigenvalue weighted by atomic mass is 16.3. The van der Waals surface area contributed by atoms with Gasteiger partial charge in [0.25, 0.3) is 0 Å². The minimum atomic E-state index is 0.145. The molecule has 0 bridgehead atoms. The molecule has 19 heavy (non-hydrogen) atoms. The topological polar surface area (TPSA) is 23.5 Å². The van der Waals surface area contributed by atoms with E-state index in [4.69, 9.17) is 0 Å². The molecule has 2 atom stereocenters. The maximum atomic E-state index is 9.20. The normalized spacial score (nSPS) is 27.2. The number of anilines is 1. The highest BCUT2D eigenvalue weighted by Gasteiger charge is 2.31. The van der Waals surface area contributed by atoms with Crippen molar-refractivity contribution in [2.24, 2.45) is 11.8 Å². The summed E-state index contributed by atoms with van der Waals surface area (Å²) < 4.78 is 0. The third-order valence-electron chi connectivity index (χ3n) is 5.08. The Morgan fingerprint density at radius 2 is 1.95 bits per heavy atom. The Kier molecular flexibility index (Phi) is 3.79. The number of aryl methyl sites for hydroxylation is 1. The standard InChI is InChI=1S/C17H25NO/c1-13-10-14(12-19)6-7-17(13)18-9-8-15-4-2-3-5-16(15)11-18/h6-7,10,15-16,19H,2-5,8-9,11-12H2,1H3. The maximum absolute atomic E-state index is 9.20. The smallest absolute Gasteiger partial charge is 0.0681 e. The summed E-state index contributed by atoms with van der Waals surface area (Å²) in [5.41, 5.74) is 3.70. The van der Waals surface area contributed by atoms with Crippen molar-refractivity contribution >= 4 is 5.69 Å². The van der Waals surface area contributed by atoms with Gasteiger partial charge in [-0.2, -0.15) is 0 Å². The van der Waals surface area contributed by atoms with E-state index in [-0.39, 0.29) is 6.61 Å². The van der Waals surface area contributed by atoms with E-state index in [9.17, 15) is 5.11 Å². The van der Waals surface area contributed by atoms with Crippen LogP contribution in [-0.2, 0) is 6.61 Å². The van der Waals surface area contributed by atoms with Crippen LogP contribution in [0.15, 0.2) is 18.2 Å². The van der Waals surface area contributed by atoms with Crippen molar-refractivity contribution in [1.82, 2.24) is 0 Å². The number of rotatable bonds is 2. The van der Waals surface area contributed by atoms with Crippen molar-refractivity contribution in [3.63, 3.8) is 0 Å². The molecular weight excluding hydrogens is 234 g/mol. The number of hydrogen-bond donors (Lipinski definition) is 1. The SMILES string of the molecule is Cc1cc(CO)ccc1N1CCC2CCCCC2C1. The van der Waals surface area contributed by atoms with Crippen LogP contribution in [0.25, 0.3) is 0 Å². The molecule has 1 aliphatic heterocycles. The van der Waals surface area contributed by atoms with Crippen LogP contribution in [0.5, 0.6) is 0 Å². The van der Waals surface area contributed by atoms with Crippen LogP contribution >= 0.6 is 0 Å². The van der Waals surface area contributed by atoms with E-state index in [1.807, 2.05) is 0 Å². The van der Waals surface area contributed by atoms with Crippen molar-refractivity contribution in [3.05, 3.63) is 29.3 Å². The molecule has 2 nitrogen and oxygen atoms in total. The molecule has 104 valence electrons. The Morgan fingerprint density at radius 1 is 1.16 bits per heavy atom. The van der Waals surface area contributed by atoms with Crippen LogP contribution in [0.4, 0.5) is 5.69 Å². The lowest BCUT2D eigenvalue weighted by Gasteiger charge is -2.42. The van der Waals surface area contributed by atoms with E-state index in [2.05, 4.69) is 30.0 Å². The molecule has 2 heteroatoms. The summed E-state index contributed by atoms with van der Waals surface area (Å²) in [5.74, 6) is 1.90. The van der Waals surface area contributed by atoms with Gasteiger partial charge in [0.1, 0.15) is 0 Å². The van der Waals surface area contributed by atoms with Gasteiger partial charge in [-0.05, 0) is 48.8 Å². The van der Waals surface area contributed by atoms with Gasteiger partial charge in [0.05, 0.1) is 6.61 Å². The number of piperidine rings is 1. The van der Waals surface area contributed by atoms with Crippen molar-refractivity contribution in [2.45, 2.75) is 45.6 Å². The summed E-state index contributed by atoms with van der Waals surface area (Å²) in [7, 11) is 0. The van der Waals surface area contributed by atoms with Gasteiger partial charge < -0.3 is 10.0 Å². The first-order valence-electron chi connectivity index (χ1n) is 7.73. The predicted molar refractivity (Wildman–Crippen MR) is 79.4 cm³/mol. The van der Waals surface area contributed by atoms with Gasteiger partial charge >= 0.3 is 0 Å². The average Bonchev–Trinajstić information content (AvgIpc) is 2.46. The van der Waals surface area contributed by atoms with Crippen LogP contribution < -0.4 is 4.90 Å². The number of hydrogen-bond acceptors (Lipinski definition) is 2. The monoisotopic (exact) mass is 259 g/mol. The fraction of sp³-hybridized carbons (Fsp3) is 0.647. The zero-order chi connectivity index (χ0) is 13.2. The minimum absolute atomic E-state index is 0.145. The predicted octanol–water partition coefficient (Wildman–Crippen LogP) is 3.50. The fourth-order valence-electron chi connectivity index (χ4n) is 3.99. The molecule has 0 aromatic heterocycles. The fourth-order valence-corrected chi connectivity index (χ4v) is 3.99. The molecule has 2 aliphatic rings. The first-order valence-corrected chi connectivity index (χ1v) is 7.73. The number of aliphatic hydroxyl groups excluding tert-OH is 1. The molecule has 1 saturated heterocycles. The van der Waals surface area contributed by atoms with Crippen LogP contribution in [-0.4, -0.2) is 18.2 Å². The van der Waals surface area contributed by atoms with E-state index in [0.717, 1.165) is 17.4 Å². The van der Waals surface area contributed by atoms with Gasteiger partial charge in [0.15, 0.2) is 0 Å². The molecule has 1 aromatic carbocycles. The van der Waals surface area contributed by atoms with Crippen molar-refractivity contribution in [1.29, 1.82) is 0 Å². The second-order valence-electron chi connectivity index (χ2n) is 6.32. The summed E-state index contributed by atoms with van der Waals surface area (Å²) in [6, 6.07) is 6.39. The lowest BCUT2D eigenvalue weighted by molar-refractivity contribution is 0.202. The van der Waals surface area contributed by atoms with Crippen LogP contribution in [0.3, 0.4) is 0 Å². The zero-order valence-electron chi connectivity index (χ0n) is 11.9. The lowest BCUT2D eigenvalue weighted by atomic mass is 9.75. The summed E-state index contributed by atoms with van der Waals surface area (Å²) in [6.45, 7) is 4.76. The van der Waals surface area contributed by atoms with Crippen LogP contribution in [0, 0.1) is 18.8 Å². The van der Waals surface area contributed by atoms with Crippen molar-refractivity contribution < 1.29 is 5.11 Å². The average molecular weight is 259 g/mol. The molecule has 1 saturated carbocycles. The summed E-state index contributed by atoms with van der Waals surface area (Å²) in [4.78, 5) is 2.57. The Hall–Kier alpha value is -1.02. The zero-order valence-corrected chi connectivity index (χ0v) is 11.9. The molecule has 2 fully saturated rings.